The van der Waals surface area contributed by atoms with E-state index in [4.69, 9.17) is 5.11 Å². The molecule has 1 N–H and O–H groups in total. The van der Waals surface area contributed by atoms with Gasteiger partial charge in [-0.2, -0.15) is 5.10 Å². The summed E-state index contributed by atoms with van der Waals surface area (Å²) in [4.78, 5) is 20.1. The molecule has 1 rings (SSSR count). The van der Waals surface area contributed by atoms with Crippen LogP contribution in [0.2, 0.25) is 0 Å². The van der Waals surface area contributed by atoms with Crippen LogP contribution in [0.4, 0.5) is 5.69 Å². The van der Waals surface area contributed by atoms with E-state index in [1.165, 1.54) is 10.9 Å². The number of hydrogen-bond donors (Lipinski definition) is 1. The van der Waals surface area contributed by atoms with Gasteiger partial charge in [-0.05, 0) is 13.3 Å². The first-order valence-corrected chi connectivity index (χ1v) is 4.41. The van der Waals surface area contributed by atoms with E-state index in [2.05, 4.69) is 5.10 Å². The minimum Gasteiger partial charge on any atom is -0.481 e. The molecule has 0 aliphatic heterocycles. The number of aliphatic carboxylic acids is 1. The number of nitrogens with zero attached hydrogens (tertiary/aromatic N) is 3. The smallest absolute Gasteiger partial charge is 0.307 e. The van der Waals surface area contributed by atoms with Crippen LogP contribution in [0, 0.1) is 10.1 Å². The highest BCUT2D eigenvalue weighted by atomic mass is 16.6. The number of carbonyl (C=O) groups is 1. The van der Waals surface area contributed by atoms with E-state index < -0.39 is 10.9 Å². The van der Waals surface area contributed by atoms with E-state index in [1.54, 1.807) is 6.92 Å². The van der Waals surface area contributed by atoms with Crippen LogP contribution in [-0.4, -0.2) is 25.8 Å². The van der Waals surface area contributed by atoms with Crippen LogP contribution in [0.25, 0.3) is 0 Å². The van der Waals surface area contributed by atoms with Crippen molar-refractivity contribution in [3.05, 3.63) is 22.5 Å². The van der Waals surface area contributed by atoms with Crippen molar-refractivity contribution in [3.8, 4) is 0 Å². The van der Waals surface area contributed by atoms with Crippen LogP contribution in [0.3, 0.4) is 0 Å². The van der Waals surface area contributed by atoms with Gasteiger partial charge >= 0.3 is 11.7 Å². The average Bonchev–Trinajstić information content (AvgIpc) is 2.62. The second-order valence-corrected chi connectivity index (χ2v) is 3.22. The largest absolute Gasteiger partial charge is 0.481 e. The Bertz CT molecular complexity index is 374. The molecule has 1 heterocycles. The molecule has 1 aromatic rings. The molecule has 0 bridgehead atoms. The van der Waals surface area contributed by atoms with E-state index >= 15 is 0 Å². The van der Waals surface area contributed by atoms with Crippen LogP contribution in [-0.2, 0) is 4.79 Å². The van der Waals surface area contributed by atoms with Gasteiger partial charge in [-0.25, -0.2) is 0 Å². The molecule has 1 aromatic heterocycles. The van der Waals surface area contributed by atoms with Gasteiger partial charge in [0.1, 0.15) is 12.4 Å². The maximum absolute atomic E-state index is 10.4. The predicted molar refractivity (Wildman–Crippen MR) is 50.5 cm³/mol. The molecule has 1 unspecified atom stereocenters. The lowest BCUT2D eigenvalue weighted by Crippen LogP contribution is -2.08. The van der Waals surface area contributed by atoms with Crippen molar-refractivity contribution in [2.45, 2.75) is 25.8 Å². The Labute approximate surface area is 85.5 Å². The molecule has 0 spiro atoms. The van der Waals surface area contributed by atoms with Gasteiger partial charge in [-0.3, -0.25) is 19.6 Å². The third-order valence-corrected chi connectivity index (χ3v) is 2.03. The minimum atomic E-state index is -0.886. The van der Waals surface area contributed by atoms with Gasteiger partial charge < -0.3 is 5.11 Å². The summed E-state index contributed by atoms with van der Waals surface area (Å²) in [6.45, 7) is 1.76. The molecule has 15 heavy (non-hydrogen) atoms. The first kappa shape index (κ1) is 11.2. The Balaban J connectivity index is 2.61. The third-order valence-electron chi connectivity index (χ3n) is 2.03. The quantitative estimate of drug-likeness (QED) is 0.585. The van der Waals surface area contributed by atoms with Gasteiger partial charge in [0.05, 0.1) is 4.92 Å². The fraction of sp³-hybridized carbons (Fsp3) is 0.500. The Kier molecular flexibility index (Phi) is 3.37. The first-order chi connectivity index (χ1) is 7.00. The van der Waals surface area contributed by atoms with Crippen LogP contribution in [0.15, 0.2) is 12.4 Å². The molecule has 0 aliphatic rings. The second-order valence-electron chi connectivity index (χ2n) is 3.22. The fourth-order valence-corrected chi connectivity index (χ4v) is 1.13. The maximum atomic E-state index is 10.4. The van der Waals surface area contributed by atoms with Gasteiger partial charge in [0.25, 0.3) is 0 Å². The van der Waals surface area contributed by atoms with E-state index in [0.29, 0.717) is 6.42 Å². The summed E-state index contributed by atoms with van der Waals surface area (Å²) in [7, 11) is 0. The number of aromatic nitrogens is 2. The number of carboxylic acid groups (broad SMARTS) is 1. The summed E-state index contributed by atoms with van der Waals surface area (Å²) in [6, 6.07) is -0.158. The summed E-state index contributed by atoms with van der Waals surface area (Å²) in [5.74, 6) is -0.886. The van der Waals surface area contributed by atoms with Crippen molar-refractivity contribution in [2.24, 2.45) is 0 Å². The Morgan fingerprint density at radius 2 is 2.47 bits per heavy atom. The number of nitro groups is 1. The molecule has 0 saturated carbocycles. The molecule has 82 valence electrons. The molecular formula is C8H11N3O4. The number of rotatable bonds is 5. The zero-order valence-corrected chi connectivity index (χ0v) is 8.16. The highest BCUT2D eigenvalue weighted by Gasteiger charge is 2.13. The van der Waals surface area contributed by atoms with E-state index in [1.807, 2.05) is 0 Å². The summed E-state index contributed by atoms with van der Waals surface area (Å²) in [5, 5.41) is 22.6. The molecule has 0 aliphatic carbocycles. The van der Waals surface area contributed by atoms with E-state index in [-0.39, 0.29) is 18.2 Å². The third kappa shape index (κ3) is 3.04. The lowest BCUT2D eigenvalue weighted by atomic mass is 10.2. The lowest BCUT2D eigenvalue weighted by molar-refractivity contribution is -0.385. The van der Waals surface area contributed by atoms with Gasteiger partial charge in [-0.1, -0.05) is 0 Å². The monoisotopic (exact) mass is 213 g/mol. The molecular weight excluding hydrogens is 202 g/mol. The topological polar surface area (TPSA) is 98.3 Å². The molecule has 7 heteroatoms. The highest BCUT2D eigenvalue weighted by Crippen LogP contribution is 2.16. The summed E-state index contributed by atoms with van der Waals surface area (Å²) in [5.41, 5.74) is -0.0859. The van der Waals surface area contributed by atoms with Gasteiger partial charge in [0.15, 0.2) is 0 Å². The van der Waals surface area contributed by atoms with Crippen LogP contribution in [0.1, 0.15) is 25.8 Å². The molecule has 0 amide bonds. The van der Waals surface area contributed by atoms with Crippen molar-refractivity contribution >= 4 is 11.7 Å². The Morgan fingerprint density at radius 1 is 1.80 bits per heavy atom. The summed E-state index contributed by atoms with van der Waals surface area (Å²) < 4.78 is 1.40. The molecule has 1 atom stereocenters. The average molecular weight is 213 g/mol. The van der Waals surface area contributed by atoms with Crippen molar-refractivity contribution in [2.75, 3.05) is 0 Å². The van der Waals surface area contributed by atoms with Crippen molar-refractivity contribution in [3.63, 3.8) is 0 Å². The molecule has 0 radical (unpaired) electrons. The van der Waals surface area contributed by atoms with Gasteiger partial charge in [-0.15, -0.1) is 0 Å². The lowest BCUT2D eigenvalue weighted by Gasteiger charge is -2.09. The first-order valence-electron chi connectivity index (χ1n) is 4.41. The molecule has 0 fully saturated rings. The van der Waals surface area contributed by atoms with Crippen LogP contribution < -0.4 is 0 Å². The standard InChI is InChI=1S/C8H11N3O4/c1-6(2-3-8(12)13)10-5-7(4-9-10)11(14)15/h4-6H,2-3H2,1H3,(H,12,13). The zero-order valence-electron chi connectivity index (χ0n) is 8.16. The highest BCUT2D eigenvalue weighted by molar-refractivity contribution is 5.66. The summed E-state index contributed by atoms with van der Waals surface area (Å²) >= 11 is 0. The molecule has 0 aromatic carbocycles. The van der Waals surface area contributed by atoms with Crippen molar-refractivity contribution in [1.82, 2.24) is 9.78 Å². The summed E-state index contributed by atoms with van der Waals surface area (Å²) in [6.07, 6.45) is 2.87. The fourth-order valence-electron chi connectivity index (χ4n) is 1.13. The Hall–Kier alpha value is -1.92. The van der Waals surface area contributed by atoms with E-state index in [0.717, 1.165) is 6.20 Å². The molecule has 7 nitrogen and oxygen atoms in total. The Morgan fingerprint density at radius 3 is 2.93 bits per heavy atom. The van der Waals surface area contributed by atoms with Crippen molar-refractivity contribution < 1.29 is 14.8 Å². The maximum Gasteiger partial charge on any atom is 0.307 e. The van der Waals surface area contributed by atoms with Crippen molar-refractivity contribution in [1.29, 1.82) is 0 Å². The normalized spacial score (nSPS) is 12.3. The zero-order chi connectivity index (χ0) is 11.4. The number of hydrogen-bond acceptors (Lipinski definition) is 4. The minimum absolute atomic E-state index is 0.0226. The SMILES string of the molecule is CC(CCC(=O)O)n1cc([N+](=O)[O-])cn1. The number of carboxylic acids is 1. The van der Waals surface area contributed by atoms with Gasteiger partial charge in [0.2, 0.25) is 0 Å². The van der Waals surface area contributed by atoms with Crippen LogP contribution in [0.5, 0.6) is 0 Å². The second kappa shape index (κ2) is 4.54. The van der Waals surface area contributed by atoms with Gasteiger partial charge in [0, 0.05) is 12.5 Å². The van der Waals surface area contributed by atoms with Crippen LogP contribution >= 0.6 is 0 Å². The molecule has 0 saturated heterocycles. The predicted octanol–water partition coefficient (Wildman–Crippen LogP) is 1.22. The van der Waals surface area contributed by atoms with E-state index in [9.17, 15) is 14.9 Å².